The molecule has 0 fully saturated rings. The van der Waals surface area contributed by atoms with Gasteiger partial charge in [-0.1, -0.05) is 25.2 Å². The van der Waals surface area contributed by atoms with E-state index in [2.05, 4.69) is 15.0 Å². The molecule has 6 heteroatoms. The van der Waals surface area contributed by atoms with Gasteiger partial charge in [0.15, 0.2) is 10.5 Å². The van der Waals surface area contributed by atoms with Crippen molar-refractivity contribution < 1.29 is 9.53 Å². The van der Waals surface area contributed by atoms with Crippen molar-refractivity contribution >= 4 is 27.8 Å². The van der Waals surface area contributed by atoms with Crippen molar-refractivity contribution in [3.63, 3.8) is 0 Å². The van der Waals surface area contributed by atoms with Crippen molar-refractivity contribution in [2.45, 2.75) is 26.7 Å². The second-order valence-electron chi connectivity index (χ2n) is 4.21. The lowest BCUT2D eigenvalue weighted by Crippen LogP contribution is -2.20. The summed E-state index contributed by atoms with van der Waals surface area (Å²) in [7, 11) is 0. The Hall–Kier alpha value is -1.56. The Bertz CT molecular complexity index is 520. The Kier molecular flexibility index (Phi) is 3.86. The van der Waals surface area contributed by atoms with E-state index in [1.165, 1.54) is 11.3 Å². The van der Waals surface area contributed by atoms with Crippen molar-refractivity contribution in [3.8, 4) is 0 Å². The predicted molar refractivity (Wildman–Crippen MR) is 69.4 cm³/mol. The predicted octanol–water partition coefficient (Wildman–Crippen LogP) is 2.39. The fraction of sp³-hybridized carbons (Fsp3) is 0.500. The minimum atomic E-state index is -0.342. The number of nitrogens with zero attached hydrogens (tertiary/aromatic N) is 3. The van der Waals surface area contributed by atoms with Crippen LogP contribution in [-0.2, 0) is 9.53 Å². The molecule has 96 valence electrons. The maximum Gasteiger partial charge on any atom is 0.316 e. The first-order chi connectivity index (χ1) is 8.63. The van der Waals surface area contributed by atoms with E-state index in [0.717, 1.165) is 9.84 Å². The quantitative estimate of drug-likeness (QED) is 0.794. The average molecular weight is 265 g/mol. The van der Waals surface area contributed by atoms with Crippen LogP contribution in [0.4, 0.5) is 0 Å². The number of carbonyl (C=O) groups is 1. The number of esters is 1. The van der Waals surface area contributed by atoms with Gasteiger partial charge in [-0.3, -0.25) is 4.79 Å². The molecule has 0 bridgehead atoms. The first-order valence-electron chi connectivity index (χ1n) is 5.87. The van der Waals surface area contributed by atoms with Crippen LogP contribution in [0.15, 0.2) is 12.4 Å². The van der Waals surface area contributed by atoms with E-state index in [9.17, 15) is 4.79 Å². The van der Waals surface area contributed by atoms with Crippen molar-refractivity contribution in [2.24, 2.45) is 5.92 Å². The number of thiazole rings is 1. The number of hydrogen-bond acceptors (Lipinski definition) is 6. The first kappa shape index (κ1) is 12.9. The minimum absolute atomic E-state index is 0.129. The Morgan fingerprint density at radius 2 is 2.11 bits per heavy atom. The van der Waals surface area contributed by atoms with E-state index in [4.69, 9.17) is 4.74 Å². The van der Waals surface area contributed by atoms with Gasteiger partial charge >= 0.3 is 5.97 Å². The van der Waals surface area contributed by atoms with E-state index in [0.29, 0.717) is 12.3 Å². The van der Waals surface area contributed by atoms with Crippen LogP contribution in [0, 0.1) is 5.92 Å². The van der Waals surface area contributed by atoms with Crippen LogP contribution in [0.3, 0.4) is 0 Å². The van der Waals surface area contributed by atoms with Gasteiger partial charge in [0.1, 0.15) is 10.9 Å². The zero-order valence-electron chi connectivity index (χ0n) is 10.6. The van der Waals surface area contributed by atoms with Crippen LogP contribution >= 0.6 is 11.3 Å². The molecule has 0 aromatic carbocycles. The number of hydrogen-bond donors (Lipinski definition) is 0. The molecule has 2 aromatic rings. The van der Waals surface area contributed by atoms with Crippen molar-refractivity contribution in [2.75, 3.05) is 6.61 Å². The summed E-state index contributed by atoms with van der Waals surface area (Å²) < 4.78 is 5.10. The zero-order valence-corrected chi connectivity index (χ0v) is 11.4. The van der Waals surface area contributed by atoms with Crippen LogP contribution in [0.1, 0.15) is 31.7 Å². The number of ether oxygens (including phenoxy) is 1. The average Bonchev–Trinajstić information content (AvgIpc) is 2.71. The van der Waals surface area contributed by atoms with E-state index < -0.39 is 0 Å². The van der Waals surface area contributed by atoms with Gasteiger partial charge in [-0.2, -0.15) is 0 Å². The van der Waals surface area contributed by atoms with Crippen LogP contribution in [-0.4, -0.2) is 27.5 Å². The third kappa shape index (κ3) is 2.48. The Morgan fingerprint density at radius 1 is 1.39 bits per heavy atom. The monoisotopic (exact) mass is 265 g/mol. The van der Waals surface area contributed by atoms with Gasteiger partial charge in [0, 0.05) is 12.4 Å². The highest BCUT2D eigenvalue weighted by Crippen LogP contribution is 2.31. The summed E-state index contributed by atoms with van der Waals surface area (Å²) in [5.41, 5.74) is 0.590. The smallest absolute Gasteiger partial charge is 0.316 e. The molecule has 0 aliphatic carbocycles. The molecule has 18 heavy (non-hydrogen) atoms. The van der Waals surface area contributed by atoms with Gasteiger partial charge in [0.25, 0.3) is 0 Å². The number of carbonyl (C=O) groups excluding carboxylic acids is 1. The molecule has 5 nitrogen and oxygen atoms in total. The Balaban J connectivity index is 2.38. The molecule has 0 N–H and O–H groups in total. The summed E-state index contributed by atoms with van der Waals surface area (Å²) in [4.78, 5) is 25.4. The SMILES string of the molecule is CCOC(=O)C(c1nc2nccnc2s1)C(C)C. The van der Waals surface area contributed by atoms with Gasteiger partial charge in [0.05, 0.1) is 6.61 Å². The molecule has 0 radical (unpaired) electrons. The van der Waals surface area contributed by atoms with E-state index >= 15 is 0 Å². The van der Waals surface area contributed by atoms with Crippen molar-refractivity contribution in [3.05, 3.63) is 17.4 Å². The maximum atomic E-state index is 12.0. The molecule has 0 aliphatic heterocycles. The van der Waals surface area contributed by atoms with Crippen LogP contribution < -0.4 is 0 Å². The molecule has 1 atom stereocenters. The summed E-state index contributed by atoms with van der Waals surface area (Å²) in [5.74, 6) is -0.442. The highest BCUT2D eigenvalue weighted by Gasteiger charge is 2.29. The molecule has 0 saturated heterocycles. The first-order valence-corrected chi connectivity index (χ1v) is 6.69. The third-order valence-corrected chi connectivity index (χ3v) is 3.57. The number of fused-ring (bicyclic) bond motifs is 1. The van der Waals surface area contributed by atoms with E-state index in [1.54, 1.807) is 19.3 Å². The van der Waals surface area contributed by atoms with Gasteiger partial charge in [0.2, 0.25) is 0 Å². The minimum Gasteiger partial charge on any atom is -0.465 e. The molecule has 0 spiro atoms. The van der Waals surface area contributed by atoms with Gasteiger partial charge < -0.3 is 4.74 Å². The number of rotatable bonds is 4. The lowest BCUT2D eigenvalue weighted by Gasteiger charge is -2.16. The van der Waals surface area contributed by atoms with Crippen molar-refractivity contribution in [1.29, 1.82) is 0 Å². The fourth-order valence-corrected chi connectivity index (χ4v) is 2.84. The van der Waals surface area contributed by atoms with E-state index in [-0.39, 0.29) is 17.8 Å². The molecule has 2 aromatic heterocycles. The second kappa shape index (κ2) is 5.39. The molecular weight excluding hydrogens is 250 g/mol. The molecule has 0 amide bonds. The largest absolute Gasteiger partial charge is 0.465 e. The second-order valence-corrected chi connectivity index (χ2v) is 5.22. The van der Waals surface area contributed by atoms with Crippen molar-refractivity contribution in [1.82, 2.24) is 15.0 Å². The third-order valence-electron chi connectivity index (χ3n) is 2.54. The van der Waals surface area contributed by atoms with Gasteiger partial charge in [-0.25, -0.2) is 15.0 Å². The van der Waals surface area contributed by atoms with Gasteiger partial charge in [-0.15, -0.1) is 0 Å². The maximum absolute atomic E-state index is 12.0. The molecule has 2 heterocycles. The lowest BCUT2D eigenvalue weighted by molar-refractivity contribution is -0.146. The highest BCUT2D eigenvalue weighted by molar-refractivity contribution is 7.18. The summed E-state index contributed by atoms with van der Waals surface area (Å²) >= 11 is 1.40. The molecule has 1 unspecified atom stereocenters. The normalized spacial score (nSPS) is 12.9. The topological polar surface area (TPSA) is 65.0 Å². The van der Waals surface area contributed by atoms with Gasteiger partial charge in [-0.05, 0) is 12.8 Å². The zero-order chi connectivity index (χ0) is 13.1. The standard InChI is InChI=1S/C12H15N3O2S/c1-4-17-12(16)8(7(2)3)10-15-9-11(18-10)14-6-5-13-9/h5-8H,4H2,1-3H3. The molecule has 0 saturated carbocycles. The summed E-state index contributed by atoms with van der Waals surface area (Å²) in [6.07, 6.45) is 3.22. The van der Waals surface area contributed by atoms with Crippen LogP contribution in [0.5, 0.6) is 0 Å². The van der Waals surface area contributed by atoms with E-state index in [1.807, 2.05) is 13.8 Å². The molecular formula is C12H15N3O2S. The molecule has 2 rings (SSSR count). The highest BCUT2D eigenvalue weighted by atomic mass is 32.1. The Labute approximate surface area is 109 Å². The summed E-state index contributed by atoms with van der Waals surface area (Å²) in [5, 5.41) is 0.727. The number of aromatic nitrogens is 3. The summed E-state index contributed by atoms with van der Waals surface area (Å²) in [6.45, 7) is 6.14. The van der Waals surface area contributed by atoms with Crippen LogP contribution in [0.25, 0.3) is 10.5 Å². The fourth-order valence-electron chi connectivity index (χ4n) is 1.72. The van der Waals surface area contributed by atoms with Crippen LogP contribution in [0.2, 0.25) is 0 Å². The summed E-state index contributed by atoms with van der Waals surface area (Å²) in [6, 6.07) is 0. The Morgan fingerprint density at radius 3 is 2.72 bits per heavy atom. The lowest BCUT2D eigenvalue weighted by atomic mass is 9.97. The molecule has 0 aliphatic rings.